The number of piperidine rings is 1. The van der Waals surface area contributed by atoms with E-state index in [0.29, 0.717) is 33.0 Å². The first-order valence-corrected chi connectivity index (χ1v) is 14.8. The summed E-state index contributed by atoms with van der Waals surface area (Å²) in [6.07, 6.45) is 5.75. The summed E-state index contributed by atoms with van der Waals surface area (Å²) in [6.45, 7) is 6.82. The van der Waals surface area contributed by atoms with E-state index in [0.717, 1.165) is 51.4 Å². The summed E-state index contributed by atoms with van der Waals surface area (Å²) >= 11 is 12.4. The quantitative estimate of drug-likeness (QED) is 0.358. The second-order valence-electron chi connectivity index (χ2n) is 10.6. The number of rotatable bonds is 8. The maximum Gasteiger partial charge on any atom is 0.253 e. The number of carbonyl (C=O) groups is 1. The number of likely N-dealkylation sites (tertiary alicyclic amines) is 1. The first kappa shape index (κ1) is 29.5. The van der Waals surface area contributed by atoms with Crippen molar-refractivity contribution in [1.82, 2.24) is 20.1 Å². The topological polar surface area (TPSA) is 64.1 Å². The molecule has 0 radical (unpaired) electrons. The number of pyridine rings is 1. The van der Waals surface area contributed by atoms with E-state index in [9.17, 15) is 9.18 Å². The van der Waals surface area contributed by atoms with Crippen LogP contribution in [0.4, 0.5) is 10.2 Å². The highest BCUT2D eigenvalue weighted by atomic mass is 35.5. The SMILES string of the molecule is CN=Cc1ccc(CN2CCC(N3CCN(c4ncc(C(=O)NCc5ccc(Cl)cc5F)cc4Cl)CC3)CC2)cc1. The number of anilines is 1. The second kappa shape index (κ2) is 13.7. The number of nitrogens with one attached hydrogen (secondary N) is 1. The molecule has 2 aliphatic heterocycles. The molecule has 216 valence electrons. The number of hydrogen-bond acceptors (Lipinski definition) is 6. The zero-order chi connectivity index (χ0) is 28.8. The minimum Gasteiger partial charge on any atom is -0.353 e. The average Bonchev–Trinajstić information content (AvgIpc) is 2.98. The zero-order valence-electron chi connectivity index (χ0n) is 23.2. The van der Waals surface area contributed by atoms with Gasteiger partial charge in [0.25, 0.3) is 5.91 Å². The van der Waals surface area contributed by atoms with Gasteiger partial charge in [-0.25, -0.2) is 9.37 Å². The molecular weight excluding hydrogens is 562 g/mol. The third-order valence-electron chi connectivity index (χ3n) is 7.89. The number of hydrogen-bond donors (Lipinski definition) is 1. The van der Waals surface area contributed by atoms with E-state index in [2.05, 4.69) is 54.3 Å². The number of nitrogens with zero attached hydrogens (tertiary/aromatic N) is 5. The minimum atomic E-state index is -0.460. The summed E-state index contributed by atoms with van der Waals surface area (Å²) in [7, 11) is 1.79. The van der Waals surface area contributed by atoms with Gasteiger partial charge in [-0.1, -0.05) is 53.5 Å². The van der Waals surface area contributed by atoms with Crippen molar-refractivity contribution in [1.29, 1.82) is 0 Å². The Balaban J connectivity index is 1.08. The number of benzene rings is 2. The molecule has 7 nitrogen and oxygen atoms in total. The summed E-state index contributed by atoms with van der Waals surface area (Å²) in [4.78, 5) is 28.6. The third-order valence-corrected chi connectivity index (χ3v) is 8.40. The Hall–Kier alpha value is -3.04. The van der Waals surface area contributed by atoms with E-state index in [4.69, 9.17) is 23.2 Å². The van der Waals surface area contributed by atoms with Gasteiger partial charge in [0, 0.05) is 75.4 Å². The summed E-state index contributed by atoms with van der Waals surface area (Å²) in [5, 5.41) is 3.47. The van der Waals surface area contributed by atoms with Crippen LogP contribution in [-0.4, -0.2) is 79.3 Å². The fourth-order valence-corrected chi connectivity index (χ4v) is 6.03. The largest absolute Gasteiger partial charge is 0.353 e. The van der Waals surface area contributed by atoms with Crippen LogP contribution in [0.25, 0.3) is 0 Å². The average molecular weight is 598 g/mol. The van der Waals surface area contributed by atoms with E-state index in [-0.39, 0.29) is 12.5 Å². The molecule has 1 N–H and O–H groups in total. The molecule has 0 atom stereocenters. The number of halogens is 3. The summed E-state index contributed by atoms with van der Waals surface area (Å²) in [6, 6.07) is 15.2. The lowest BCUT2D eigenvalue weighted by Crippen LogP contribution is -2.53. The first-order valence-electron chi connectivity index (χ1n) is 14.0. The Morgan fingerprint density at radius 1 is 1.05 bits per heavy atom. The Morgan fingerprint density at radius 2 is 1.78 bits per heavy atom. The molecule has 2 aromatic carbocycles. The van der Waals surface area contributed by atoms with Gasteiger partial charge in [0.05, 0.1) is 10.6 Å². The highest BCUT2D eigenvalue weighted by Gasteiger charge is 2.28. The number of carbonyl (C=O) groups excluding carboxylic acids is 1. The van der Waals surface area contributed by atoms with Crippen molar-refractivity contribution in [2.24, 2.45) is 4.99 Å². The summed E-state index contributed by atoms with van der Waals surface area (Å²) in [5.41, 5.74) is 3.17. The fourth-order valence-electron chi connectivity index (χ4n) is 5.59. The molecule has 0 saturated carbocycles. The third kappa shape index (κ3) is 7.63. The van der Waals surface area contributed by atoms with Gasteiger partial charge in [-0.05, 0) is 55.3 Å². The molecule has 1 aromatic heterocycles. The van der Waals surface area contributed by atoms with Crippen molar-refractivity contribution in [3.8, 4) is 0 Å². The monoisotopic (exact) mass is 596 g/mol. The predicted octanol–water partition coefficient (Wildman–Crippen LogP) is 5.29. The van der Waals surface area contributed by atoms with Crippen LogP contribution in [0.15, 0.2) is 59.7 Å². The lowest BCUT2D eigenvalue weighted by atomic mass is 10.0. The van der Waals surface area contributed by atoms with Gasteiger partial charge in [-0.3, -0.25) is 19.6 Å². The van der Waals surface area contributed by atoms with Crippen molar-refractivity contribution in [3.05, 3.63) is 92.8 Å². The van der Waals surface area contributed by atoms with Crippen molar-refractivity contribution < 1.29 is 9.18 Å². The van der Waals surface area contributed by atoms with Gasteiger partial charge in [0.1, 0.15) is 11.6 Å². The predicted molar refractivity (Wildman–Crippen MR) is 164 cm³/mol. The molecule has 41 heavy (non-hydrogen) atoms. The van der Waals surface area contributed by atoms with Gasteiger partial charge in [0.15, 0.2) is 0 Å². The fraction of sp³-hybridized carbons (Fsp3) is 0.387. The van der Waals surface area contributed by atoms with Crippen LogP contribution in [0.1, 0.15) is 39.9 Å². The van der Waals surface area contributed by atoms with Crippen molar-refractivity contribution in [2.75, 3.05) is 51.2 Å². The van der Waals surface area contributed by atoms with Crippen LogP contribution < -0.4 is 10.2 Å². The molecule has 2 fully saturated rings. The maximum atomic E-state index is 14.0. The van der Waals surface area contributed by atoms with Crippen molar-refractivity contribution >= 4 is 41.1 Å². The zero-order valence-corrected chi connectivity index (χ0v) is 24.7. The molecule has 0 spiro atoms. The molecule has 0 unspecified atom stereocenters. The van der Waals surface area contributed by atoms with Crippen LogP contribution in [0, 0.1) is 5.82 Å². The van der Waals surface area contributed by atoms with Crippen molar-refractivity contribution in [2.45, 2.75) is 32.0 Å². The molecule has 3 aromatic rings. The lowest BCUT2D eigenvalue weighted by molar-refractivity contribution is 0.0950. The summed E-state index contributed by atoms with van der Waals surface area (Å²) < 4.78 is 14.0. The number of piperazine rings is 1. The normalized spacial score (nSPS) is 17.3. The number of aliphatic imine (C=N–C) groups is 1. The molecule has 5 rings (SSSR count). The van der Waals surface area contributed by atoms with Gasteiger partial charge < -0.3 is 10.2 Å². The first-order chi connectivity index (χ1) is 19.9. The molecule has 2 aliphatic rings. The molecule has 0 aliphatic carbocycles. The molecule has 10 heteroatoms. The molecule has 0 bridgehead atoms. The van der Waals surface area contributed by atoms with E-state index < -0.39 is 5.82 Å². The van der Waals surface area contributed by atoms with Gasteiger partial charge in [-0.2, -0.15) is 0 Å². The van der Waals surface area contributed by atoms with E-state index in [1.807, 2.05) is 6.21 Å². The Kier molecular flexibility index (Phi) is 9.88. The Morgan fingerprint density at radius 3 is 2.44 bits per heavy atom. The Bertz CT molecular complexity index is 1370. The number of amides is 1. The van der Waals surface area contributed by atoms with Gasteiger partial charge >= 0.3 is 0 Å². The highest BCUT2D eigenvalue weighted by molar-refractivity contribution is 6.33. The number of aromatic nitrogens is 1. The lowest BCUT2D eigenvalue weighted by Gasteiger charge is -2.43. The minimum absolute atomic E-state index is 0.0456. The highest BCUT2D eigenvalue weighted by Crippen LogP contribution is 2.27. The molecule has 3 heterocycles. The van der Waals surface area contributed by atoms with Crippen LogP contribution in [0.5, 0.6) is 0 Å². The van der Waals surface area contributed by atoms with Crippen LogP contribution in [0.2, 0.25) is 10.0 Å². The standard InChI is InChI=1S/C31H35Cl2FN6O/c1-35-18-22-2-4-23(5-3-22)21-38-10-8-27(9-11-38)39-12-14-40(15-13-39)30-28(33)16-25(20-36-30)31(41)37-19-24-6-7-26(32)17-29(24)34/h2-7,16-18,20,27H,8-15,19,21H2,1H3,(H,37,41). The van der Waals surface area contributed by atoms with Crippen LogP contribution in [-0.2, 0) is 13.1 Å². The van der Waals surface area contributed by atoms with Crippen molar-refractivity contribution in [3.63, 3.8) is 0 Å². The van der Waals surface area contributed by atoms with E-state index in [1.165, 1.54) is 30.7 Å². The van der Waals surface area contributed by atoms with E-state index >= 15 is 0 Å². The van der Waals surface area contributed by atoms with Gasteiger partial charge in [-0.15, -0.1) is 0 Å². The maximum absolute atomic E-state index is 14.0. The molecule has 1 amide bonds. The van der Waals surface area contributed by atoms with Gasteiger partial charge in [0.2, 0.25) is 0 Å². The van der Waals surface area contributed by atoms with Crippen LogP contribution in [0.3, 0.4) is 0 Å². The van der Waals surface area contributed by atoms with E-state index in [1.54, 1.807) is 25.2 Å². The second-order valence-corrected chi connectivity index (χ2v) is 11.5. The van der Waals surface area contributed by atoms with Crippen LogP contribution >= 0.6 is 23.2 Å². The smallest absolute Gasteiger partial charge is 0.253 e. The molecular formula is C31H35Cl2FN6O. The Labute approximate surface area is 251 Å². The molecule has 2 saturated heterocycles. The summed E-state index contributed by atoms with van der Waals surface area (Å²) in [5.74, 6) is -0.129.